The van der Waals surface area contributed by atoms with Crippen molar-refractivity contribution >= 4 is 5.95 Å². The topological polar surface area (TPSA) is 61.0 Å². The Morgan fingerprint density at radius 1 is 1.29 bits per heavy atom. The molecule has 0 bridgehead atoms. The summed E-state index contributed by atoms with van der Waals surface area (Å²) in [6.45, 7) is 6.53. The van der Waals surface area contributed by atoms with Gasteiger partial charge in [0.15, 0.2) is 0 Å². The van der Waals surface area contributed by atoms with Gasteiger partial charge in [-0.05, 0) is 38.0 Å². The van der Waals surface area contributed by atoms with Crippen molar-refractivity contribution in [1.29, 1.82) is 0 Å². The van der Waals surface area contributed by atoms with Crippen LogP contribution in [0.2, 0.25) is 0 Å². The van der Waals surface area contributed by atoms with E-state index in [-0.39, 0.29) is 12.1 Å². The van der Waals surface area contributed by atoms with Crippen LogP contribution in [0.5, 0.6) is 5.88 Å². The number of aryl methyl sites for hydroxylation is 1. The van der Waals surface area contributed by atoms with Crippen molar-refractivity contribution in [1.82, 2.24) is 9.97 Å². The molecule has 17 heavy (non-hydrogen) atoms. The Balaban J connectivity index is 1.97. The second-order valence-electron chi connectivity index (χ2n) is 5.69. The average molecular weight is 235 g/mol. The molecule has 2 N–H and O–H groups in total. The van der Waals surface area contributed by atoms with Gasteiger partial charge in [0, 0.05) is 11.8 Å². The number of nitrogens with zero attached hydrogens (tertiary/aromatic N) is 2. The molecule has 4 heteroatoms. The smallest absolute Gasteiger partial charge is 0.223 e. The van der Waals surface area contributed by atoms with Crippen molar-refractivity contribution < 1.29 is 4.74 Å². The summed E-state index contributed by atoms with van der Waals surface area (Å²) < 4.78 is 5.88. The van der Waals surface area contributed by atoms with Gasteiger partial charge >= 0.3 is 0 Å². The van der Waals surface area contributed by atoms with E-state index in [2.05, 4.69) is 23.8 Å². The molecule has 4 nitrogen and oxygen atoms in total. The number of hydrogen-bond donors (Lipinski definition) is 1. The highest BCUT2D eigenvalue weighted by Crippen LogP contribution is 2.36. The fourth-order valence-electron chi connectivity index (χ4n) is 2.28. The Morgan fingerprint density at radius 2 is 1.94 bits per heavy atom. The van der Waals surface area contributed by atoms with Crippen LogP contribution in [0.1, 0.15) is 45.2 Å². The summed E-state index contributed by atoms with van der Waals surface area (Å²) >= 11 is 0. The van der Waals surface area contributed by atoms with E-state index in [1.807, 2.05) is 13.0 Å². The molecule has 1 saturated carbocycles. The maximum Gasteiger partial charge on any atom is 0.223 e. The molecule has 0 amide bonds. The zero-order chi connectivity index (χ0) is 12.5. The van der Waals surface area contributed by atoms with Crippen molar-refractivity contribution in [2.24, 2.45) is 5.41 Å². The number of anilines is 1. The van der Waals surface area contributed by atoms with Gasteiger partial charge in [0.25, 0.3) is 0 Å². The largest absolute Gasteiger partial charge is 0.474 e. The van der Waals surface area contributed by atoms with E-state index in [4.69, 9.17) is 10.5 Å². The van der Waals surface area contributed by atoms with Gasteiger partial charge in [-0.1, -0.05) is 13.8 Å². The Kier molecular flexibility index (Phi) is 3.22. The van der Waals surface area contributed by atoms with Crippen molar-refractivity contribution in [3.8, 4) is 5.88 Å². The SMILES string of the molecule is Cc1cc(OC2CCC(C)(C)CC2)nc(N)n1. The number of nitrogen functional groups attached to an aromatic ring is 1. The lowest BCUT2D eigenvalue weighted by Crippen LogP contribution is -2.28. The molecule has 0 radical (unpaired) electrons. The third kappa shape index (κ3) is 3.32. The Morgan fingerprint density at radius 3 is 2.53 bits per heavy atom. The third-order valence-corrected chi connectivity index (χ3v) is 3.42. The van der Waals surface area contributed by atoms with E-state index < -0.39 is 0 Å². The molecule has 1 fully saturated rings. The highest BCUT2D eigenvalue weighted by atomic mass is 16.5. The van der Waals surface area contributed by atoms with Crippen LogP contribution in [0.25, 0.3) is 0 Å². The first kappa shape index (κ1) is 12.1. The van der Waals surface area contributed by atoms with Gasteiger partial charge in [-0.2, -0.15) is 4.98 Å². The summed E-state index contributed by atoms with van der Waals surface area (Å²) in [5.41, 5.74) is 6.91. The van der Waals surface area contributed by atoms with Crippen LogP contribution in [-0.2, 0) is 0 Å². The first-order chi connectivity index (χ1) is 7.94. The molecule has 1 aliphatic rings. The fraction of sp³-hybridized carbons (Fsp3) is 0.692. The minimum absolute atomic E-state index is 0.275. The number of rotatable bonds is 2. The standard InChI is InChI=1S/C13H21N3O/c1-9-8-11(16-12(14)15-9)17-10-4-6-13(2,3)7-5-10/h8,10H,4-7H2,1-3H3,(H2,14,15,16). The van der Waals surface area contributed by atoms with Gasteiger partial charge in [0.1, 0.15) is 6.10 Å². The molecule has 0 unspecified atom stereocenters. The maximum absolute atomic E-state index is 5.88. The minimum atomic E-state index is 0.275. The van der Waals surface area contributed by atoms with Gasteiger partial charge in [0.2, 0.25) is 11.8 Å². The average Bonchev–Trinajstić information content (AvgIpc) is 2.20. The molecule has 0 aliphatic heterocycles. The first-order valence-electron chi connectivity index (χ1n) is 6.22. The maximum atomic E-state index is 5.88. The number of ether oxygens (including phenoxy) is 1. The molecule has 1 aromatic rings. The van der Waals surface area contributed by atoms with E-state index in [0.717, 1.165) is 18.5 Å². The number of nitrogens with two attached hydrogens (primary N) is 1. The zero-order valence-electron chi connectivity index (χ0n) is 10.9. The van der Waals surface area contributed by atoms with E-state index in [1.54, 1.807) is 0 Å². The second kappa shape index (κ2) is 4.51. The van der Waals surface area contributed by atoms with Crippen LogP contribution in [0, 0.1) is 12.3 Å². The van der Waals surface area contributed by atoms with Crippen molar-refractivity contribution in [3.05, 3.63) is 11.8 Å². The molecule has 1 aromatic heterocycles. The molecule has 1 heterocycles. The molecule has 0 saturated heterocycles. The minimum Gasteiger partial charge on any atom is -0.474 e. The van der Waals surface area contributed by atoms with E-state index >= 15 is 0 Å². The van der Waals surface area contributed by atoms with Gasteiger partial charge in [-0.25, -0.2) is 4.98 Å². The molecule has 2 rings (SSSR count). The van der Waals surface area contributed by atoms with Gasteiger partial charge in [-0.15, -0.1) is 0 Å². The normalized spacial score (nSPS) is 20.2. The lowest BCUT2D eigenvalue weighted by Gasteiger charge is -2.34. The quantitative estimate of drug-likeness (QED) is 0.856. The van der Waals surface area contributed by atoms with Crippen LogP contribution in [0.15, 0.2) is 6.07 Å². The van der Waals surface area contributed by atoms with Crippen molar-refractivity contribution in [2.45, 2.75) is 52.6 Å². The summed E-state index contributed by atoms with van der Waals surface area (Å²) in [6, 6.07) is 1.84. The van der Waals surface area contributed by atoms with Crippen LogP contribution in [0.4, 0.5) is 5.95 Å². The summed E-state index contributed by atoms with van der Waals surface area (Å²) in [5, 5.41) is 0. The lowest BCUT2D eigenvalue weighted by molar-refractivity contribution is 0.0948. The van der Waals surface area contributed by atoms with Crippen LogP contribution in [0.3, 0.4) is 0 Å². The van der Waals surface area contributed by atoms with E-state index in [9.17, 15) is 0 Å². The monoisotopic (exact) mass is 235 g/mol. The van der Waals surface area contributed by atoms with E-state index in [1.165, 1.54) is 12.8 Å². The van der Waals surface area contributed by atoms with Crippen LogP contribution in [-0.4, -0.2) is 16.1 Å². The Labute approximate surface area is 103 Å². The summed E-state index contributed by atoms with van der Waals surface area (Å²) in [5.74, 6) is 0.899. The molecule has 0 spiro atoms. The van der Waals surface area contributed by atoms with Gasteiger partial charge in [-0.3, -0.25) is 0 Å². The predicted molar refractivity (Wildman–Crippen MR) is 67.8 cm³/mol. The second-order valence-corrected chi connectivity index (χ2v) is 5.69. The highest BCUT2D eigenvalue weighted by Gasteiger charge is 2.28. The fourth-order valence-corrected chi connectivity index (χ4v) is 2.28. The highest BCUT2D eigenvalue weighted by molar-refractivity contribution is 5.25. The number of hydrogen-bond acceptors (Lipinski definition) is 4. The van der Waals surface area contributed by atoms with Gasteiger partial charge in [0.05, 0.1) is 0 Å². The Bertz CT molecular complexity index is 373. The predicted octanol–water partition coefficient (Wildman–Crippen LogP) is 2.71. The lowest BCUT2D eigenvalue weighted by atomic mass is 9.76. The summed E-state index contributed by atoms with van der Waals surface area (Å²) in [4.78, 5) is 8.15. The van der Waals surface area contributed by atoms with Crippen molar-refractivity contribution in [2.75, 3.05) is 5.73 Å². The Hall–Kier alpha value is -1.32. The van der Waals surface area contributed by atoms with Crippen LogP contribution < -0.4 is 10.5 Å². The van der Waals surface area contributed by atoms with Crippen LogP contribution >= 0.6 is 0 Å². The first-order valence-corrected chi connectivity index (χ1v) is 6.22. The zero-order valence-corrected chi connectivity index (χ0v) is 10.9. The molecular weight excluding hydrogens is 214 g/mol. The summed E-state index contributed by atoms with van der Waals surface area (Å²) in [7, 11) is 0. The molecular formula is C13H21N3O. The molecule has 0 atom stereocenters. The summed E-state index contributed by atoms with van der Waals surface area (Å²) in [6.07, 6.45) is 4.87. The van der Waals surface area contributed by atoms with E-state index in [0.29, 0.717) is 11.3 Å². The van der Waals surface area contributed by atoms with Gasteiger partial charge < -0.3 is 10.5 Å². The third-order valence-electron chi connectivity index (χ3n) is 3.42. The molecule has 0 aromatic carbocycles. The molecule has 1 aliphatic carbocycles. The number of aromatic nitrogens is 2. The molecule has 94 valence electrons. The van der Waals surface area contributed by atoms with Crippen molar-refractivity contribution in [3.63, 3.8) is 0 Å².